The first kappa shape index (κ1) is 22.2. The number of nitrogens with two attached hydrogens (primary N) is 1. The number of carbonyl (C=O) groups excluding carboxylic acids is 1. The highest BCUT2D eigenvalue weighted by Crippen LogP contribution is 2.36. The first-order valence-corrected chi connectivity index (χ1v) is 11.7. The summed E-state index contributed by atoms with van der Waals surface area (Å²) >= 11 is 0. The van der Waals surface area contributed by atoms with Gasteiger partial charge in [0.25, 0.3) is 0 Å². The summed E-state index contributed by atoms with van der Waals surface area (Å²) in [5.74, 6) is -0.386. The third-order valence-electron chi connectivity index (χ3n) is 7.42. The molecule has 3 atom stereocenters. The van der Waals surface area contributed by atoms with Gasteiger partial charge in [0.15, 0.2) is 5.78 Å². The normalized spacial score (nSPS) is 30.6. The van der Waals surface area contributed by atoms with E-state index in [0.717, 1.165) is 24.9 Å². The second-order valence-electron chi connectivity index (χ2n) is 11.2. The van der Waals surface area contributed by atoms with Crippen molar-refractivity contribution in [1.29, 1.82) is 0 Å². The summed E-state index contributed by atoms with van der Waals surface area (Å²) in [6, 6.07) is 19.8. The quantitative estimate of drug-likeness (QED) is 0.660. The van der Waals surface area contributed by atoms with Crippen molar-refractivity contribution in [3.63, 3.8) is 0 Å². The van der Waals surface area contributed by atoms with Crippen molar-refractivity contribution in [3.8, 4) is 0 Å². The van der Waals surface area contributed by atoms with Gasteiger partial charge in [0, 0.05) is 12.0 Å². The van der Waals surface area contributed by atoms with E-state index in [4.69, 9.17) is 0 Å². The lowest BCUT2D eigenvalue weighted by Gasteiger charge is -2.49. The van der Waals surface area contributed by atoms with Gasteiger partial charge < -0.3 is 15.3 Å². The van der Waals surface area contributed by atoms with Crippen LogP contribution in [0.1, 0.15) is 62.9 Å². The fourth-order valence-electron chi connectivity index (χ4n) is 6.42. The van der Waals surface area contributed by atoms with Crippen molar-refractivity contribution >= 4 is 5.78 Å². The molecule has 2 aromatic rings. The second-order valence-corrected chi connectivity index (χ2v) is 11.2. The number of rotatable bonds is 4. The maximum absolute atomic E-state index is 13.7. The average molecular weight is 423 g/mol. The van der Waals surface area contributed by atoms with E-state index in [2.05, 4.69) is 33.0 Å². The molecule has 2 saturated heterocycles. The minimum Gasteiger partial charge on any atom is -0.384 e. The van der Waals surface area contributed by atoms with E-state index in [0.29, 0.717) is 24.6 Å². The zero-order chi connectivity index (χ0) is 22.3. The number of quaternary nitrogens is 2. The Morgan fingerprint density at radius 3 is 2.06 bits per heavy atom. The van der Waals surface area contributed by atoms with Gasteiger partial charge in [-0.05, 0) is 33.3 Å². The average Bonchev–Trinajstić information content (AvgIpc) is 2.72. The first-order valence-electron chi connectivity index (χ1n) is 11.7. The number of aliphatic hydroxyl groups is 1. The van der Waals surface area contributed by atoms with Crippen molar-refractivity contribution < 1.29 is 20.1 Å². The number of hydrogen-bond donors (Lipinski definition) is 3. The summed E-state index contributed by atoms with van der Waals surface area (Å²) < 4.78 is 0. The zero-order valence-electron chi connectivity index (χ0n) is 19.4. The van der Waals surface area contributed by atoms with E-state index in [-0.39, 0.29) is 16.9 Å². The standard InChI is InChI=1S/C27H36N2O2/c1-25(2)17-22(18-26(3,4)28-25)29-16-15-27(31,21-13-9-6-10-14-21)23(19-29)24(30)20-11-7-5-8-12-20/h5-14,22-23,28,31H,15-19H2,1-4H3/p+2/t23-,27-/m0/s1. The van der Waals surface area contributed by atoms with E-state index in [9.17, 15) is 9.90 Å². The molecule has 0 saturated carbocycles. The zero-order valence-corrected chi connectivity index (χ0v) is 19.4. The van der Waals surface area contributed by atoms with Crippen LogP contribution in [-0.4, -0.2) is 41.1 Å². The fraction of sp³-hybridized carbons (Fsp3) is 0.519. The van der Waals surface area contributed by atoms with Crippen LogP contribution >= 0.6 is 0 Å². The molecule has 0 aliphatic carbocycles. The Kier molecular flexibility index (Phi) is 5.84. The highest BCUT2D eigenvalue weighted by molar-refractivity contribution is 5.98. The van der Waals surface area contributed by atoms with Crippen LogP contribution in [0, 0.1) is 5.92 Å². The minimum atomic E-state index is -1.12. The lowest BCUT2D eigenvalue weighted by molar-refractivity contribution is -0.950. The molecule has 0 radical (unpaired) electrons. The van der Waals surface area contributed by atoms with Gasteiger partial charge in [0.2, 0.25) is 0 Å². The van der Waals surface area contributed by atoms with E-state index in [1.54, 1.807) is 0 Å². The van der Waals surface area contributed by atoms with Gasteiger partial charge in [-0.3, -0.25) is 4.79 Å². The van der Waals surface area contributed by atoms with Crippen molar-refractivity contribution in [1.82, 2.24) is 0 Å². The summed E-state index contributed by atoms with van der Waals surface area (Å²) in [5.41, 5.74) is 0.808. The monoisotopic (exact) mass is 422 g/mol. The van der Waals surface area contributed by atoms with E-state index >= 15 is 0 Å². The molecule has 0 bridgehead atoms. The maximum atomic E-state index is 13.7. The van der Waals surface area contributed by atoms with Gasteiger partial charge in [-0.1, -0.05) is 60.7 Å². The number of hydrogen-bond acceptors (Lipinski definition) is 2. The molecule has 0 aromatic heterocycles. The van der Waals surface area contributed by atoms with Gasteiger partial charge in [0.05, 0.1) is 43.1 Å². The highest BCUT2D eigenvalue weighted by atomic mass is 16.3. The third-order valence-corrected chi connectivity index (χ3v) is 7.42. The molecular weight excluding hydrogens is 384 g/mol. The Bertz CT molecular complexity index is 893. The first-order chi connectivity index (χ1) is 14.6. The van der Waals surface area contributed by atoms with E-state index in [1.807, 2.05) is 60.7 Å². The molecule has 4 N–H and O–H groups in total. The summed E-state index contributed by atoms with van der Waals surface area (Å²) in [4.78, 5) is 15.2. The highest BCUT2D eigenvalue weighted by Gasteiger charge is 2.53. The molecule has 4 nitrogen and oxygen atoms in total. The summed E-state index contributed by atoms with van der Waals surface area (Å²) in [6.45, 7) is 10.9. The number of likely N-dealkylation sites (tertiary alicyclic amines) is 1. The Morgan fingerprint density at radius 2 is 1.48 bits per heavy atom. The predicted octanol–water partition coefficient (Wildman–Crippen LogP) is 1.94. The van der Waals surface area contributed by atoms with Gasteiger partial charge in [-0.2, -0.15) is 0 Å². The summed E-state index contributed by atoms with van der Waals surface area (Å²) in [7, 11) is 0. The largest absolute Gasteiger partial charge is 0.384 e. The lowest BCUT2D eigenvalue weighted by atomic mass is 9.71. The molecule has 2 aromatic carbocycles. The molecule has 4 heteroatoms. The second kappa shape index (κ2) is 8.16. The molecule has 2 aliphatic heterocycles. The molecular formula is C27H38N2O2+2. The van der Waals surface area contributed by atoms with Crippen molar-refractivity contribution in [2.45, 2.75) is 69.7 Å². The van der Waals surface area contributed by atoms with Gasteiger partial charge in [0.1, 0.15) is 11.5 Å². The lowest BCUT2D eigenvalue weighted by Crippen LogP contribution is -3.21. The number of Topliss-reactive ketones (excluding diaryl/α,β-unsaturated/α-hetero) is 1. The smallest absolute Gasteiger partial charge is 0.174 e. The SMILES string of the molecule is CC1(C)CC([NH+]2CC[C@](O)(c3ccccc3)[C@H](C(=O)c3ccccc3)C2)CC(C)(C)[NH2+]1. The van der Waals surface area contributed by atoms with E-state index in [1.165, 1.54) is 4.90 Å². The van der Waals surface area contributed by atoms with Crippen molar-refractivity contribution in [3.05, 3.63) is 71.8 Å². The molecule has 31 heavy (non-hydrogen) atoms. The number of piperidine rings is 2. The number of carbonyl (C=O) groups is 1. The Balaban J connectivity index is 1.66. The Morgan fingerprint density at radius 1 is 0.935 bits per heavy atom. The minimum absolute atomic E-state index is 0.0602. The van der Waals surface area contributed by atoms with Crippen molar-refractivity contribution in [2.75, 3.05) is 13.1 Å². The maximum Gasteiger partial charge on any atom is 0.174 e. The van der Waals surface area contributed by atoms with Crippen LogP contribution in [0.5, 0.6) is 0 Å². The van der Waals surface area contributed by atoms with Crippen LogP contribution < -0.4 is 10.2 Å². The van der Waals surface area contributed by atoms with E-state index < -0.39 is 11.5 Å². The molecule has 1 unspecified atom stereocenters. The number of benzene rings is 2. The summed E-state index contributed by atoms with van der Waals surface area (Å²) in [6.07, 6.45) is 2.86. The fourth-order valence-corrected chi connectivity index (χ4v) is 6.42. The molecule has 0 spiro atoms. The van der Waals surface area contributed by atoms with Crippen LogP contribution in [0.2, 0.25) is 0 Å². The number of nitrogens with one attached hydrogen (secondary N) is 1. The van der Waals surface area contributed by atoms with Gasteiger partial charge in [-0.15, -0.1) is 0 Å². The Labute approximate surface area is 186 Å². The molecule has 2 heterocycles. The molecule has 0 amide bonds. The summed E-state index contributed by atoms with van der Waals surface area (Å²) in [5, 5.41) is 14.4. The van der Waals surface area contributed by atoms with Crippen LogP contribution in [-0.2, 0) is 5.60 Å². The predicted molar refractivity (Wildman–Crippen MR) is 123 cm³/mol. The number of ketones is 1. The van der Waals surface area contributed by atoms with Crippen LogP contribution in [0.4, 0.5) is 0 Å². The van der Waals surface area contributed by atoms with Crippen LogP contribution in [0.15, 0.2) is 60.7 Å². The molecule has 4 rings (SSSR count). The van der Waals surface area contributed by atoms with Gasteiger partial charge >= 0.3 is 0 Å². The Hall–Kier alpha value is -2.01. The van der Waals surface area contributed by atoms with Gasteiger partial charge in [-0.25, -0.2) is 0 Å². The van der Waals surface area contributed by atoms with Crippen LogP contribution in [0.3, 0.4) is 0 Å². The molecule has 2 aliphatic rings. The molecule has 166 valence electrons. The van der Waals surface area contributed by atoms with Crippen molar-refractivity contribution in [2.24, 2.45) is 5.92 Å². The van der Waals surface area contributed by atoms with Crippen LogP contribution in [0.25, 0.3) is 0 Å². The molecule has 2 fully saturated rings. The third kappa shape index (κ3) is 4.62. The topological polar surface area (TPSA) is 58.4 Å².